The van der Waals surface area contributed by atoms with Crippen molar-refractivity contribution in [1.82, 2.24) is 20.5 Å². The van der Waals surface area contributed by atoms with Crippen molar-refractivity contribution in [2.75, 3.05) is 0 Å². The van der Waals surface area contributed by atoms with Crippen LogP contribution in [-0.4, -0.2) is 21.1 Å². The number of nitrogens with one attached hydrogen (secondary N) is 2. The summed E-state index contributed by atoms with van der Waals surface area (Å²) in [4.78, 5) is 16.3. The summed E-state index contributed by atoms with van der Waals surface area (Å²) in [5.41, 5.74) is 3.18. The largest absolute Gasteiger partial charge is 0.347 e. The molecule has 108 valence electrons. The van der Waals surface area contributed by atoms with Gasteiger partial charge in [0.25, 0.3) is 0 Å². The first kappa shape index (κ1) is 14.7. The Bertz CT molecular complexity index is 562. The highest BCUT2D eigenvalue weighted by atomic mass is 32.1. The van der Waals surface area contributed by atoms with E-state index >= 15 is 0 Å². The highest BCUT2D eigenvalue weighted by Crippen LogP contribution is 2.19. The van der Waals surface area contributed by atoms with Crippen LogP contribution in [0.1, 0.15) is 47.8 Å². The molecule has 0 bridgehead atoms. The second kappa shape index (κ2) is 6.65. The SMILES string of the molecule is CCC(NC(=O)CCc1n[nH]c(C)c1C)c1nccs1. The van der Waals surface area contributed by atoms with Gasteiger partial charge in [-0.25, -0.2) is 4.98 Å². The fraction of sp³-hybridized carbons (Fsp3) is 0.500. The normalized spacial score (nSPS) is 12.3. The number of thiazole rings is 1. The molecule has 2 aromatic rings. The van der Waals surface area contributed by atoms with Crippen LogP contribution >= 0.6 is 11.3 Å². The van der Waals surface area contributed by atoms with Crippen molar-refractivity contribution >= 4 is 17.2 Å². The van der Waals surface area contributed by atoms with Crippen LogP contribution in [0.15, 0.2) is 11.6 Å². The average molecular weight is 292 g/mol. The predicted molar refractivity (Wildman–Crippen MR) is 79.7 cm³/mol. The van der Waals surface area contributed by atoms with Crippen LogP contribution in [0.25, 0.3) is 0 Å². The van der Waals surface area contributed by atoms with Crippen molar-refractivity contribution in [2.45, 2.75) is 46.1 Å². The van der Waals surface area contributed by atoms with Crippen LogP contribution in [0.3, 0.4) is 0 Å². The van der Waals surface area contributed by atoms with E-state index < -0.39 is 0 Å². The van der Waals surface area contributed by atoms with Gasteiger partial charge in [0.15, 0.2) is 0 Å². The lowest BCUT2D eigenvalue weighted by Gasteiger charge is -2.14. The molecule has 0 aliphatic heterocycles. The minimum Gasteiger partial charge on any atom is -0.347 e. The van der Waals surface area contributed by atoms with Gasteiger partial charge in [-0.2, -0.15) is 5.10 Å². The molecule has 6 heteroatoms. The molecule has 0 radical (unpaired) electrons. The van der Waals surface area contributed by atoms with Gasteiger partial charge in [-0.1, -0.05) is 6.92 Å². The van der Waals surface area contributed by atoms with Gasteiger partial charge in [0.05, 0.1) is 11.7 Å². The third-order valence-corrected chi connectivity index (χ3v) is 4.33. The standard InChI is InChI=1S/C14H20N4OS/c1-4-11(14-15-7-8-20-14)16-13(19)6-5-12-9(2)10(3)17-18-12/h7-8,11H,4-6H2,1-3H3,(H,16,19)(H,17,18). The topological polar surface area (TPSA) is 70.7 Å². The van der Waals surface area contributed by atoms with Crippen molar-refractivity contribution in [1.29, 1.82) is 0 Å². The third kappa shape index (κ3) is 3.45. The third-order valence-electron chi connectivity index (χ3n) is 3.44. The fourth-order valence-electron chi connectivity index (χ4n) is 2.02. The Morgan fingerprint density at radius 1 is 1.50 bits per heavy atom. The molecule has 1 amide bonds. The van der Waals surface area contributed by atoms with E-state index in [-0.39, 0.29) is 11.9 Å². The van der Waals surface area contributed by atoms with Gasteiger partial charge in [0.1, 0.15) is 5.01 Å². The number of H-pyrrole nitrogens is 1. The van der Waals surface area contributed by atoms with Gasteiger partial charge in [0, 0.05) is 30.1 Å². The van der Waals surface area contributed by atoms with Crippen molar-refractivity contribution in [3.05, 3.63) is 33.5 Å². The van der Waals surface area contributed by atoms with Gasteiger partial charge in [-0.05, 0) is 25.8 Å². The zero-order valence-electron chi connectivity index (χ0n) is 12.1. The summed E-state index contributed by atoms with van der Waals surface area (Å²) in [5.74, 6) is 0.0482. The van der Waals surface area contributed by atoms with Crippen LogP contribution in [0.4, 0.5) is 0 Å². The molecule has 0 aliphatic rings. The smallest absolute Gasteiger partial charge is 0.220 e. The molecule has 2 rings (SSSR count). The van der Waals surface area contributed by atoms with Crippen LogP contribution in [0.5, 0.6) is 0 Å². The van der Waals surface area contributed by atoms with E-state index in [1.165, 1.54) is 0 Å². The number of nitrogens with zero attached hydrogens (tertiary/aromatic N) is 2. The molecule has 0 spiro atoms. The summed E-state index contributed by atoms with van der Waals surface area (Å²) in [7, 11) is 0. The first-order valence-electron chi connectivity index (χ1n) is 6.81. The molecule has 0 aliphatic carbocycles. The van der Waals surface area contributed by atoms with Gasteiger partial charge in [-0.15, -0.1) is 11.3 Å². The molecule has 0 saturated carbocycles. The molecular formula is C14H20N4OS. The maximum Gasteiger partial charge on any atom is 0.220 e. The highest BCUT2D eigenvalue weighted by Gasteiger charge is 2.15. The summed E-state index contributed by atoms with van der Waals surface area (Å²) in [6, 6.07) is 0.0181. The summed E-state index contributed by atoms with van der Waals surface area (Å²) in [6.45, 7) is 6.06. The van der Waals surface area contributed by atoms with Crippen molar-refractivity contribution < 1.29 is 4.79 Å². The fourth-order valence-corrected chi connectivity index (χ4v) is 2.80. The number of amides is 1. The Balaban J connectivity index is 1.87. The molecule has 1 atom stereocenters. The second-order valence-corrected chi connectivity index (χ2v) is 5.75. The molecule has 20 heavy (non-hydrogen) atoms. The minimum absolute atomic E-state index is 0.0181. The molecule has 2 N–H and O–H groups in total. The van der Waals surface area contributed by atoms with E-state index in [2.05, 4.69) is 20.5 Å². The van der Waals surface area contributed by atoms with Gasteiger partial charge < -0.3 is 5.32 Å². The molecule has 2 heterocycles. The zero-order valence-corrected chi connectivity index (χ0v) is 12.9. The number of hydrogen-bond donors (Lipinski definition) is 2. The number of carbonyl (C=O) groups excluding carboxylic acids is 1. The maximum atomic E-state index is 12.0. The lowest BCUT2D eigenvalue weighted by Crippen LogP contribution is -2.28. The number of aromatic amines is 1. The Labute approximate surface area is 122 Å². The summed E-state index contributed by atoms with van der Waals surface area (Å²) in [6.07, 6.45) is 3.73. The van der Waals surface area contributed by atoms with Gasteiger partial charge in [-0.3, -0.25) is 9.89 Å². The monoisotopic (exact) mass is 292 g/mol. The lowest BCUT2D eigenvalue weighted by molar-refractivity contribution is -0.121. The van der Waals surface area contributed by atoms with Gasteiger partial charge in [0.2, 0.25) is 5.91 Å². The molecule has 2 aromatic heterocycles. The lowest BCUT2D eigenvalue weighted by atomic mass is 10.1. The molecule has 5 nitrogen and oxygen atoms in total. The van der Waals surface area contributed by atoms with Crippen LogP contribution in [-0.2, 0) is 11.2 Å². The van der Waals surface area contributed by atoms with Crippen molar-refractivity contribution in [2.24, 2.45) is 0 Å². The Morgan fingerprint density at radius 2 is 2.30 bits per heavy atom. The van der Waals surface area contributed by atoms with Crippen LogP contribution < -0.4 is 5.32 Å². The highest BCUT2D eigenvalue weighted by molar-refractivity contribution is 7.09. The van der Waals surface area contributed by atoms with Crippen molar-refractivity contribution in [3.63, 3.8) is 0 Å². The molecular weight excluding hydrogens is 272 g/mol. The van der Waals surface area contributed by atoms with E-state index in [1.54, 1.807) is 17.5 Å². The van der Waals surface area contributed by atoms with Crippen LogP contribution in [0.2, 0.25) is 0 Å². The number of carbonyl (C=O) groups is 1. The zero-order chi connectivity index (χ0) is 14.5. The Morgan fingerprint density at radius 3 is 2.85 bits per heavy atom. The molecule has 0 fully saturated rings. The molecule has 0 saturated heterocycles. The molecule has 1 unspecified atom stereocenters. The summed E-state index contributed by atoms with van der Waals surface area (Å²) in [5, 5.41) is 13.1. The predicted octanol–water partition coefficient (Wildman–Crippen LogP) is 2.68. The second-order valence-electron chi connectivity index (χ2n) is 4.82. The van der Waals surface area contributed by atoms with E-state index in [0.29, 0.717) is 12.8 Å². The molecule has 0 aromatic carbocycles. The maximum absolute atomic E-state index is 12.0. The summed E-state index contributed by atoms with van der Waals surface area (Å²) >= 11 is 1.57. The van der Waals surface area contributed by atoms with Gasteiger partial charge >= 0.3 is 0 Å². The first-order chi connectivity index (χ1) is 9.61. The van der Waals surface area contributed by atoms with E-state index in [9.17, 15) is 4.79 Å². The quantitative estimate of drug-likeness (QED) is 0.860. The number of hydrogen-bond acceptors (Lipinski definition) is 4. The number of aryl methyl sites for hydroxylation is 2. The van der Waals surface area contributed by atoms with Crippen molar-refractivity contribution in [3.8, 4) is 0 Å². The summed E-state index contributed by atoms with van der Waals surface area (Å²) < 4.78 is 0. The average Bonchev–Trinajstić information content (AvgIpc) is 3.06. The van der Waals surface area contributed by atoms with Crippen LogP contribution in [0, 0.1) is 13.8 Å². The van der Waals surface area contributed by atoms with E-state index in [0.717, 1.165) is 28.4 Å². The number of aromatic nitrogens is 3. The minimum atomic E-state index is 0.0181. The number of rotatable bonds is 6. The Kier molecular flexibility index (Phi) is 4.89. The van der Waals surface area contributed by atoms with E-state index in [4.69, 9.17) is 0 Å². The Hall–Kier alpha value is -1.69. The van der Waals surface area contributed by atoms with E-state index in [1.807, 2.05) is 26.2 Å². The first-order valence-corrected chi connectivity index (χ1v) is 7.69.